The molecule has 1 aromatic heterocycles. The highest BCUT2D eigenvalue weighted by atomic mass is 32.2. The lowest BCUT2D eigenvalue weighted by Crippen LogP contribution is -2.42. The van der Waals surface area contributed by atoms with E-state index >= 15 is 0 Å². The number of benzene rings is 2. The minimum atomic E-state index is -4.14. The summed E-state index contributed by atoms with van der Waals surface area (Å²) in [5.41, 5.74) is 0.694. The predicted octanol–water partition coefficient (Wildman–Crippen LogP) is 6.86. The number of nitrogens with zero attached hydrogens (tertiary/aromatic N) is 2. The maximum Gasteiger partial charge on any atom is 0.391 e. The second-order valence-electron chi connectivity index (χ2n) is 8.21. The molecule has 0 amide bonds. The molecule has 1 atom stereocenters. The van der Waals surface area contributed by atoms with Gasteiger partial charge in [0, 0.05) is 24.1 Å². The molecule has 0 bridgehead atoms. The van der Waals surface area contributed by atoms with Gasteiger partial charge in [-0.15, -0.1) is 0 Å². The van der Waals surface area contributed by atoms with Gasteiger partial charge in [0.2, 0.25) is 0 Å². The van der Waals surface area contributed by atoms with E-state index in [9.17, 15) is 22.0 Å². The van der Waals surface area contributed by atoms with E-state index in [0.29, 0.717) is 48.1 Å². The van der Waals surface area contributed by atoms with Crippen LogP contribution >= 0.6 is 11.9 Å². The summed E-state index contributed by atoms with van der Waals surface area (Å²) < 4.78 is 78.6. The number of nitrogens with one attached hydrogen (secondary N) is 1. The fourth-order valence-electron chi connectivity index (χ4n) is 4.15. The summed E-state index contributed by atoms with van der Waals surface area (Å²) in [6, 6.07) is 12.5. The molecule has 2 aliphatic rings. The van der Waals surface area contributed by atoms with Gasteiger partial charge in [-0.3, -0.25) is 4.90 Å². The minimum Gasteiger partial charge on any atom is -0.493 e. The van der Waals surface area contributed by atoms with Gasteiger partial charge >= 0.3 is 6.18 Å². The molecule has 1 saturated heterocycles. The van der Waals surface area contributed by atoms with Gasteiger partial charge < -0.3 is 14.0 Å². The third-order valence-electron chi connectivity index (χ3n) is 5.94. The van der Waals surface area contributed by atoms with Gasteiger partial charge in [-0.05, 0) is 62.1 Å². The van der Waals surface area contributed by atoms with E-state index in [1.165, 1.54) is 24.5 Å². The van der Waals surface area contributed by atoms with Crippen molar-refractivity contribution in [3.63, 3.8) is 0 Å². The van der Waals surface area contributed by atoms with Gasteiger partial charge in [0.1, 0.15) is 23.6 Å². The number of rotatable bonds is 4. The van der Waals surface area contributed by atoms with Gasteiger partial charge in [0.05, 0.1) is 17.4 Å². The molecule has 5 rings (SSSR count). The lowest BCUT2D eigenvalue weighted by molar-refractivity contribution is -0.186. The quantitative estimate of drug-likeness (QED) is 0.304. The average Bonchev–Trinajstić information content (AvgIpc) is 3.37. The first-order valence-electron chi connectivity index (χ1n) is 11.1. The maximum atomic E-state index is 14.6. The van der Waals surface area contributed by atoms with Crippen molar-refractivity contribution in [1.29, 1.82) is 0 Å². The molecule has 0 aliphatic carbocycles. The molecule has 0 unspecified atom stereocenters. The minimum absolute atomic E-state index is 0.0776. The van der Waals surface area contributed by atoms with Crippen molar-refractivity contribution >= 4 is 17.8 Å². The Labute approximate surface area is 203 Å². The summed E-state index contributed by atoms with van der Waals surface area (Å²) in [7, 11) is 0. The molecule has 1 N–H and O–H groups in total. The summed E-state index contributed by atoms with van der Waals surface area (Å²) in [4.78, 5) is 2.36. The van der Waals surface area contributed by atoms with Gasteiger partial charge in [0.25, 0.3) is 0 Å². The monoisotopic (exact) mass is 513 g/mol. The number of anilines is 1. The van der Waals surface area contributed by atoms with E-state index in [4.69, 9.17) is 9.26 Å². The first-order valence-corrected chi connectivity index (χ1v) is 11.9. The van der Waals surface area contributed by atoms with Gasteiger partial charge in [-0.2, -0.15) is 13.2 Å². The van der Waals surface area contributed by atoms with Gasteiger partial charge in [0.15, 0.2) is 5.82 Å². The molecule has 2 aliphatic heterocycles. The number of halogens is 5. The topological polar surface area (TPSA) is 50.5 Å². The van der Waals surface area contributed by atoms with Crippen LogP contribution in [0.2, 0.25) is 0 Å². The third-order valence-corrected chi connectivity index (χ3v) is 6.79. The zero-order valence-corrected chi connectivity index (χ0v) is 19.4. The fraction of sp³-hybridized carbons (Fsp3) is 0.375. The second kappa shape index (κ2) is 11.3. The van der Waals surface area contributed by atoms with Crippen molar-refractivity contribution in [2.75, 3.05) is 24.4 Å². The van der Waals surface area contributed by atoms with E-state index < -0.39 is 17.9 Å². The summed E-state index contributed by atoms with van der Waals surface area (Å²) in [5.74, 6) is -0.808. The third kappa shape index (κ3) is 6.66. The number of alkyl halides is 3. The number of hydrogen-bond donors (Lipinski definition) is 1. The lowest BCUT2D eigenvalue weighted by atomic mass is 9.92. The van der Waals surface area contributed by atoms with Crippen LogP contribution in [0.25, 0.3) is 0 Å². The number of fused-ring (bicyclic) bond motifs is 1. The molecule has 2 aromatic carbocycles. The standard InChI is InChI=1S/C18H19F4N3O2S.C6H5F/c19-13-9-12-14(25-5-1-11(2-6-25)18(20,21)22)3-7-26-15(12)10-16(13)28-24-17-4-8-27-23-17;7-6-4-2-1-3-5-6/h4,8-11,14H,1-3,5-7H2,(H,23,24);1-5H/t14-;/m0./s1. The summed E-state index contributed by atoms with van der Waals surface area (Å²) in [5, 5.41) is 3.70. The molecule has 3 heterocycles. The number of hydrogen-bond acceptors (Lipinski definition) is 6. The van der Waals surface area contributed by atoms with Crippen molar-refractivity contribution < 1.29 is 31.2 Å². The molecule has 1 fully saturated rings. The molecule has 0 saturated carbocycles. The summed E-state index contributed by atoms with van der Waals surface area (Å²) in [6.45, 7) is 1.14. The zero-order valence-electron chi connectivity index (χ0n) is 18.6. The van der Waals surface area contributed by atoms with E-state index in [0.717, 1.165) is 11.9 Å². The second-order valence-corrected chi connectivity index (χ2v) is 9.06. The van der Waals surface area contributed by atoms with Crippen molar-refractivity contribution in [3.05, 3.63) is 72.0 Å². The molecule has 35 heavy (non-hydrogen) atoms. The number of likely N-dealkylation sites (tertiary alicyclic amines) is 1. The Morgan fingerprint density at radius 2 is 1.74 bits per heavy atom. The SMILES string of the molecule is Fc1cc2c(cc1SNc1ccon1)OCC[C@@H]2N1CCC(C(F)(F)F)CC1.Fc1ccccc1. The molecule has 3 aromatic rings. The smallest absolute Gasteiger partial charge is 0.391 e. The molecular weight excluding hydrogens is 489 g/mol. The Kier molecular flexibility index (Phi) is 8.17. The van der Waals surface area contributed by atoms with Crippen LogP contribution in [0.3, 0.4) is 0 Å². The Morgan fingerprint density at radius 1 is 1.00 bits per heavy atom. The van der Waals surface area contributed by atoms with Crippen molar-refractivity contribution in [1.82, 2.24) is 10.1 Å². The first-order chi connectivity index (χ1) is 16.8. The van der Waals surface area contributed by atoms with Crippen LogP contribution in [0.4, 0.5) is 27.8 Å². The van der Waals surface area contributed by atoms with Crippen LogP contribution in [0.1, 0.15) is 30.9 Å². The zero-order chi connectivity index (χ0) is 24.8. The van der Waals surface area contributed by atoms with Crippen molar-refractivity contribution in [2.24, 2.45) is 5.92 Å². The maximum absolute atomic E-state index is 14.6. The number of ether oxygens (including phenoxy) is 1. The van der Waals surface area contributed by atoms with Crippen molar-refractivity contribution in [2.45, 2.75) is 36.4 Å². The summed E-state index contributed by atoms with van der Waals surface area (Å²) >= 11 is 1.05. The molecule has 11 heteroatoms. The largest absolute Gasteiger partial charge is 0.493 e. The Morgan fingerprint density at radius 3 is 2.34 bits per heavy atom. The highest BCUT2D eigenvalue weighted by molar-refractivity contribution is 8.00. The fourth-order valence-corrected chi connectivity index (χ4v) is 4.80. The Balaban J connectivity index is 0.000000356. The molecule has 0 spiro atoms. The summed E-state index contributed by atoms with van der Waals surface area (Å²) in [6.07, 6.45) is -1.95. The van der Waals surface area contributed by atoms with Crippen LogP contribution < -0.4 is 9.46 Å². The molecule has 0 radical (unpaired) electrons. The first kappa shape index (κ1) is 25.3. The van der Waals surface area contributed by atoms with Crippen LogP contribution in [0, 0.1) is 17.6 Å². The average molecular weight is 514 g/mol. The molecular formula is C24H24F5N3O2S. The molecule has 5 nitrogen and oxygen atoms in total. The van der Waals surface area contributed by atoms with E-state index in [2.05, 4.69) is 9.88 Å². The number of piperidine rings is 1. The van der Waals surface area contributed by atoms with E-state index in [1.807, 2.05) is 4.90 Å². The van der Waals surface area contributed by atoms with Crippen LogP contribution in [0.15, 0.2) is 64.2 Å². The van der Waals surface area contributed by atoms with Gasteiger partial charge in [-0.1, -0.05) is 23.4 Å². The Hall–Kier alpha value is -2.79. The highest BCUT2D eigenvalue weighted by Gasteiger charge is 2.42. The Bertz CT molecular complexity index is 1070. The normalized spacial score (nSPS) is 18.7. The highest BCUT2D eigenvalue weighted by Crippen LogP contribution is 2.42. The van der Waals surface area contributed by atoms with Crippen molar-refractivity contribution in [3.8, 4) is 5.75 Å². The van der Waals surface area contributed by atoms with Crippen LogP contribution in [-0.4, -0.2) is 35.9 Å². The van der Waals surface area contributed by atoms with Crippen LogP contribution in [0.5, 0.6) is 5.75 Å². The molecule has 188 valence electrons. The van der Waals surface area contributed by atoms with E-state index in [-0.39, 0.29) is 24.7 Å². The predicted molar refractivity (Wildman–Crippen MR) is 122 cm³/mol. The van der Waals surface area contributed by atoms with Crippen LogP contribution in [-0.2, 0) is 0 Å². The lowest BCUT2D eigenvalue weighted by Gasteiger charge is -2.40. The van der Waals surface area contributed by atoms with Gasteiger partial charge in [-0.25, -0.2) is 8.78 Å². The van der Waals surface area contributed by atoms with E-state index in [1.54, 1.807) is 30.3 Å². The number of aromatic nitrogens is 1.